The van der Waals surface area contributed by atoms with Gasteiger partial charge in [-0.15, -0.1) is 0 Å². The normalized spacial score (nSPS) is 36.1. The van der Waals surface area contributed by atoms with Gasteiger partial charge in [-0.2, -0.15) is 0 Å². The molecule has 0 radical (unpaired) electrons. The van der Waals surface area contributed by atoms with E-state index in [9.17, 15) is 9.59 Å². The Bertz CT molecular complexity index is 1110. The molecule has 6 rings (SSSR count). The van der Waals surface area contributed by atoms with Gasteiger partial charge in [0, 0.05) is 12.5 Å². The smallest absolute Gasteiger partial charge is 0.333 e. The molecule has 0 bridgehead atoms. The highest BCUT2D eigenvalue weighted by atomic mass is 16.6. The number of ether oxygens (including phenoxy) is 2. The fourth-order valence-corrected chi connectivity index (χ4v) is 8.85. The van der Waals surface area contributed by atoms with Gasteiger partial charge in [-0.3, -0.25) is 4.79 Å². The SMILES string of the molecule is C[C@]12CCC(=O)NC1CC[C@@H]1[C@H]2CC[C@]2(C)C(OCC(=O)OC(c3ccccc3)c3ccccc3)CC[C@@H]12. The summed E-state index contributed by atoms with van der Waals surface area (Å²) in [6.45, 7) is 4.83. The largest absolute Gasteiger partial charge is 0.451 e. The van der Waals surface area contributed by atoms with E-state index in [2.05, 4.69) is 19.2 Å². The second-order valence-corrected chi connectivity index (χ2v) is 12.7. The zero-order valence-electron chi connectivity index (χ0n) is 22.7. The van der Waals surface area contributed by atoms with E-state index in [0.29, 0.717) is 30.2 Å². The number of carbonyl (C=O) groups is 2. The maximum absolute atomic E-state index is 13.1. The third kappa shape index (κ3) is 4.47. The van der Waals surface area contributed by atoms with E-state index in [-0.39, 0.29) is 35.4 Å². The number of nitrogens with one attached hydrogen (secondary N) is 1. The summed E-state index contributed by atoms with van der Waals surface area (Å²) in [4.78, 5) is 25.2. The molecule has 1 amide bonds. The van der Waals surface area contributed by atoms with E-state index in [1.807, 2.05) is 60.7 Å². The molecule has 1 aliphatic heterocycles. The summed E-state index contributed by atoms with van der Waals surface area (Å²) < 4.78 is 12.4. The van der Waals surface area contributed by atoms with Crippen molar-refractivity contribution in [2.45, 2.75) is 83.5 Å². The summed E-state index contributed by atoms with van der Waals surface area (Å²) in [5, 5.41) is 3.33. The third-order valence-corrected chi connectivity index (χ3v) is 10.9. The first-order chi connectivity index (χ1) is 18.4. The quantitative estimate of drug-likeness (QED) is 0.464. The lowest BCUT2D eigenvalue weighted by Gasteiger charge is -2.60. The van der Waals surface area contributed by atoms with Gasteiger partial charge in [-0.1, -0.05) is 74.5 Å². The van der Waals surface area contributed by atoms with Gasteiger partial charge in [0.1, 0.15) is 6.61 Å². The Morgan fingerprint density at radius 3 is 2.21 bits per heavy atom. The molecule has 38 heavy (non-hydrogen) atoms. The van der Waals surface area contributed by atoms with Crippen molar-refractivity contribution in [3.8, 4) is 0 Å². The van der Waals surface area contributed by atoms with E-state index >= 15 is 0 Å². The number of hydrogen-bond donors (Lipinski definition) is 1. The summed E-state index contributed by atoms with van der Waals surface area (Å²) in [5.74, 6) is 1.90. The van der Waals surface area contributed by atoms with Gasteiger partial charge in [-0.05, 0) is 84.7 Å². The average molecular weight is 516 g/mol. The Kier molecular flexibility index (Phi) is 6.84. The molecule has 2 unspecified atom stereocenters. The van der Waals surface area contributed by atoms with Crippen molar-refractivity contribution in [2.75, 3.05) is 6.61 Å². The highest BCUT2D eigenvalue weighted by molar-refractivity contribution is 5.77. The van der Waals surface area contributed by atoms with Gasteiger partial charge in [0.05, 0.1) is 6.10 Å². The first kappa shape index (κ1) is 25.6. The number of rotatable bonds is 6. The van der Waals surface area contributed by atoms with Crippen molar-refractivity contribution in [3.63, 3.8) is 0 Å². The van der Waals surface area contributed by atoms with E-state index in [1.54, 1.807) is 0 Å². The van der Waals surface area contributed by atoms with E-state index in [4.69, 9.17) is 9.47 Å². The van der Waals surface area contributed by atoms with Crippen molar-refractivity contribution in [1.29, 1.82) is 0 Å². The Morgan fingerprint density at radius 1 is 0.868 bits per heavy atom. The van der Waals surface area contributed by atoms with Gasteiger partial charge in [0.2, 0.25) is 5.91 Å². The number of benzene rings is 2. The summed E-state index contributed by atoms with van der Waals surface area (Å²) in [6, 6.07) is 20.2. The lowest BCUT2D eigenvalue weighted by molar-refractivity contribution is -0.162. The van der Waals surface area contributed by atoms with Crippen LogP contribution in [-0.2, 0) is 19.1 Å². The third-order valence-electron chi connectivity index (χ3n) is 10.9. The molecule has 5 heteroatoms. The van der Waals surface area contributed by atoms with Crippen molar-refractivity contribution in [3.05, 3.63) is 71.8 Å². The minimum Gasteiger partial charge on any atom is -0.451 e. The number of hydrogen-bond acceptors (Lipinski definition) is 4. The van der Waals surface area contributed by atoms with Crippen LogP contribution in [0.4, 0.5) is 0 Å². The van der Waals surface area contributed by atoms with Crippen LogP contribution in [0.3, 0.4) is 0 Å². The number of esters is 1. The molecule has 0 aromatic heterocycles. The van der Waals surface area contributed by atoms with Gasteiger partial charge in [-0.25, -0.2) is 4.79 Å². The van der Waals surface area contributed by atoms with Crippen LogP contribution in [0.25, 0.3) is 0 Å². The molecular formula is C33H41NO4. The number of carbonyl (C=O) groups excluding carboxylic acids is 2. The van der Waals surface area contributed by atoms with E-state index < -0.39 is 6.10 Å². The summed E-state index contributed by atoms with van der Waals surface area (Å²) >= 11 is 0. The lowest BCUT2D eigenvalue weighted by Crippen LogP contribution is -2.61. The zero-order chi connectivity index (χ0) is 26.3. The van der Waals surface area contributed by atoms with Crippen LogP contribution >= 0.6 is 0 Å². The second kappa shape index (κ2) is 10.1. The van der Waals surface area contributed by atoms with Crippen LogP contribution in [-0.4, -0.2) is 30.6 Å². The molecule has 2 aromatic carbocycles. The van der Waals surface area contributed by atoms with Crippen LogP contribution in [0, 0.1) is 28.6 Å². The standard InChI is InChI=1S/C33H41NO4/c1-32-20-18-29(35)34-27(32)15-13-24-25-14-16-28(33(25,2)19-17-26(24)32)37-21-30(36)38-31(22-9-5-3-6-10-22)23-11-7-4-8-12-23/h3-12,24-28,31H,13-21H2,1-2H3,(H,34,35)/t24-,25-,26+,27?,28?,32+,33-/m0/s1. The van der Waals surface area contributed by atoms with Crippen molar-refractivity contribution >= 4 is 11.9 Å². The molecule has 4 fully saturated rings. The zero-order valence-corrected chi connectivity index (χ0v) is 22.7. The molecule has 7 atom stereocenters. The number of amides is 1. The molecule has 1 N–H and O–H groups in total. The second-order valence-electron chi connectivity index (χ2n) is 12.7. The molecule has 1 heterocycles. The number of piperidine rings is 1. The first-order valence-corrected chi connectivity index (χ1v) is 14.6. The fraction of sp³-hybridized carbons (Fsp3) is 0.576. The summed E-state index contributed by atoms with van der Waals surface area (Å²) in [6.07, 6.45) is 8.11. The summed E-state index contributed by atoms with van der Waals surface area (Å²) in [7, 11) is 0. The fourth-order valence-electron chi connectivity index (χ4n) is 8.85. The molecule has 2 aromatic rings. The van der Waals surface area contributed by atoms with Gasteiger partial charge in [0.25, 0.3) is 0 Å². The highest BCUT2D eigenvalue weighted by Crippen LogP contribution is 2.64. The molecule has 1 saturated heterocycles. The molecular weight excluding hydrogens is 474 g/mol. The monoisotopic (exact) mass is 515 g/mol. The lowest BCUT2D eigenvalue weighted by atomic mass is 9.47. The van der Waals surface area contributed by atoms with Crippen LogP contribution in [0.5, 0.6) is 0 Å². The van der Waals surface area contributed by atoms with Gasteiger partial charge < -0.3 is 14.8 Å². The highest BCUT2D eigenvalue weighted by Gasteiger charge is 2.60. The van der Waals surface area contributed by atoms with Crippen molar-refractivity contribution in [1.82, 2.24) is 5.32 Å². The van der Waals surface area contributed by atoms with Gasteiger partial charge >= 0.3 is 5.97 Å². The Labute approximate surface area is 226 Å². The molecule has 4 aliphatic rings. The molecule has 5 nitrogen and oxygen atoms in total. The maximum atomic E-state index is 13.1. The molecule has 0 spiro atoms. The van der Waals surface area contributed by atoms with Crippen LogP contribution in [0.15, 0.2) is 60.7 Å². The maximum Gasteiger partial charge on any atom is 0.333 e. The Morgan fingerprint density at radius 2 is 1.53 bits per heavy atom. The van der Waals surface area contributed by atoms with Crippen LogP contribution < -0.4 is 5.32 Å². The minimum absolute atomic E-state index is 0.0109. The van der Waals surface area contributed by atoms with Crippen molar-refractivity contribution < 1.29 is 19.1 Å². The van der Waals surface area contributed by atoms with Crippen LogP contribution in [0.1, 0.15) is 82.4 Å². The Hall–Kier alpha value is -2.66. The van der Waals surface area contributed by atoms with E-state index in [0.717, 1.165) is 36.8 Å². The topological polar surface area (TPSA) is 64.6 Å². The predicted molar refractivity (Wildman–Crippen MR) is 146 cm³/mol. The number of fused-ring (bicyclic) bond motifs is 5. The average Bonchev–Trinajstić information content (AvgIpc) is 3.28. The minimum atomic E-state index is -0.442. The van der Waals surface area contributed by atoms with Crippen molar-refractivity contribution in [2.24, 2.45) is 28.6 Å². The molecule has 3 aliphatic carbocycles. The van der Waals surface area contributed by atoms with Gasteiger partial charge in [0.15, 0.2) is 6.10 Å². The van der Waals surface area contributed by atoms with E-state index in [1.165, 1.54) is 19.3 Å². The Balaban J connectivity index is 1.11. The van der Waals surface area contributed by atoms with Crippen LogP contribution in [0.2, 0.25) is 0 Å². The molecule has 202 valence electrons. The predicted octanol–water partition coefficient (Wildman–Crippen LogP) is 6.23. The summed E-state index contributed by atoms with van der Waals surface area (Å²) in [5.41, 5.74) is 2.23. The molecule has 3 saturated carbocycles. The first-order valence-electron chi connectivity index (χ1n) is 14.6.